The number of rotatable bonds is 7. The van der Waals surface area contributed by atoms with E-state index >= 15 is 0 Å². The largest absolute Gasteiger partial charge is 0.497 e. The third kappa shape index (κ3) is 6.12. The zero-order chi connectivity index (χ0) is 24.8. The van der Waals surface area contributed by atoms with Crippen molar-refractivity contribution < 1.29 is 14.3 Å². The van der Waals surface area contributed by atoms with Crippen molar-refractivity contribution in [3.8, 4) is 5.75 Å². The molecular weight excluding hydrogens is 440 g/mol. The van der Waals surface area contributed by atoms with E-state index in [-0.39, 0.29) is 12.1 Å². The summed E-state index contributed by atoms with van der Waals surface area (Å²) in [4.78, 5) is 29.2. The smallest absolute Gasteiger partial charge is 0.324 e. The molecule has 0 bridgehead atoms. The normalized spacial score (nSPS) is 13.7. The average molecular weight is 473 g/mol. The van der Waals surface area contributed by atoms with Crippen LogP contribution in [0.3, 0.4) is 0 Å². The topological polar surface area (TPSA) is 73.9 Å². The molecule has 0 spiro atoms. The Labute approximate surface area is 206 Å². The number of amides is 4. The monoisotopic (exact) mass is 472 g/mol. The molecule has 1 aliphatic rings. The van der Waals surface area contributed by atoms with E-state index < -0.39 is 0 Å². The Morgan fingerprint density at radius 3 is 2.06 bits per heavy atom. The molecule has 7 heteroatoms. The van der Waals surface area contributed by atoms with Crippen molar-refractivity contribution in [2.45, 2.75) is 32.7 Å². The van der Waals surface area contributed by atoms with Gasteiger partial charge in [0.1, 0.15) is 5.75 Å². The summed E-state index contributed by atoms with van der Waals surface area (Å²) < 4.78 is 5.21. The van der Waals surface area contributed by atoms with E-state index in [4.69, 9.17) is 4.74 Å². The van der Waals surface area contributed by atoms with E-state index in [9.17, 15) is 9.59 Å². The first-order chi connectivity index (χ1) is 16.9. The molecule has 4 rings (SSSR count). The first-order valence-electron chi connectivity index (χ1n) is 11.9. The first kappa shape index (κ1) is 24.1. The fourth-order valence-electron chi connectivity index (χ4n) is 4.09. The van der Waals surface area contributed by atoms with E-state index in [1.807, 2.05) is 77.7 Å². The molecule has 0 unspecified atom stereocenters. The summed E-state index contributed by atoms with van der Waals surface area (Å²) in [6.07, 6.45) is 0.889. The van der Waals surface area contributed by atoms with Crippen LogP contribution in [0.15, 0.2) is 72.8 Å². The van der Waals surface area contributed by atoms with Gasteiger partial charge in [0, 0.05) is 36.7 Å². The fourth-order valence-corrected chi connectivity index (χ4v) is 4.09. The molecule has 3 aromatic rings. The van der Waals surface area contributed by atoms with Gasteiger partial charge in [0.25, 0.3) is 0 Å². The van der Waals surface area contributed by atoms with Crippen molar-refractivity contribution in [2.75, 3.05) is 35.7 Å². The van der Waals surface area contributed by atoms with Crippen LogP contribution in [0.5, 0.6) is 5.75 Å². The minimum absolute atomic E-state index is 0.0182. The average Bonchev–Trinajstić information content (AvgIpc) is 2.86. The van der Waals surface area contributed by atoms with Crippen LogP contribution in [0.1, 0.15) is 37.3 Å². The highest BCUT2D eigenvalue weighted by Gasteiger charge is 2.26. The third-order valence-corrected chi connectivity index (χ3v) is 6.12. The first-order valence-corrected chi connectivity index (χ1v) is 11.9. The highest BCUT2D eigenvalue weighted by molar-refractivity contribution is 6.00. The molecule has 4 amide bonds. The van der Waals surface area contributed by atoms with E-state index in [1.54, 1.807) is 12.0 Å². The Morgan fingerprint density at radius 1 is 0.886 bits per heavy atom. The predicted octanol–water partition coefficient (Wildman–Crippen LogP) is 6.29. The SMILES string of the molecule is COc1ccc(CN2CCCN(c3ccc(NC(=O)Nc4ccc(C(C)C)cc4)cc3)C2=O)cc1. The van der Waals surface area contributed by atoms with Gasteiger partial charge in [-0.1, -0.05) is 38.1 Å². The van der Waals surface area contributed by atoms with Crippen molar-refractivity contribution >= 4 is 29.1 Å². The maximum Gasteiger partial charge on any atom is 0.324 e. The summed E-state index contributed by atoms with van der Waals surface area (Å²) in [5.74, 6) is 1.24. The van der Waals surface area contributed by atoms with Crippen molar-refractivity contribution in [1.29, 1.82) is 0 Å². The number of methoxy groups -OCH3 is 1. The van der Waals surface area contributed by atoms with Gasteiger partial charge in [0.05, 0.1) is 7.11 Å². The number of hydrogen-bond acceptors (Lipinski definition) is 3. The molecule has 1 aliphatic heterocycles. The lowest BCUT2D eigenvalue weighted by atomic mass is 10.0. The lowest BCUT2D eigenvalue weighted by Crippen LogP contribution is -2.49. The van der Waals surface area contributed by atoms with Crippen LogP contribution in [0.25, 0.3) is 0 Å². The summed E-state index contributed by atoms with van der Waals surface area (Å²) in [7, 11) is 1.64. The van der Waals surface area contributed by atoms with Crippen molar-refractivity contribution in [3.05, 3.63) is 83.9 Å². The Hall–Kier alpha value is -4.00. The Bertz CT molecular complexity index is 1140. The second-order valence-electron chi connectivity index (χ2n) is 8.96. The molecular formula is C28H32N4O3. The molecule has 1 fully saturated rings. The number of urea groups is 2. The standard InChI is InChI=1S/C28H32N4O3/c1-20(2)22-7-9-23(10-8-22)29-27(33)30-24-11-13-25(14-12-24)32-18-4-17-31(28(32)34)19-21-5-15-26(35-3)16-6-21/h5-16,20H,4,17-19H2,1-3H3,(H2,29,30,33). The van der Waals surface area contributed by atoms with Gasteiger partial charge in [-0.15, -0.1) is 0 Å². The molecule has 182 valence electrons. The van der Waals surface area contributed by atoms with Crippen molar-refractivity contribution in [2.24, 2.45) is 0 Å². The van der Waals surface area contributed by atoms with E-state index in [0.717, 1.165) is 35.7 Å². The van der Waals surface area contributed by atoms with Crippen LogP contribution >= 0.6 is 0 Å². The van der Waals surface area contributed by atoms with Crippen LogP contribution in [-0.2, 0) is 6.54 Å². The summed E-state index contributed by atoms with van der Waals surface area (Å²) in [5.41, 5.74) is 4.49. The number of benzene rings is 3. The maximum absolute atomic E-state index is 13.1. The van der Waals surface area contributed by atoms with Gasteiger partial charge in [-0.2, -0.15) is 0 Å². The minimum Gasteiger partial charge on any atom is -0.497 e. The Balaban J connectivity index is 1.34. The lowest BCUT2D eigenvalue weighted by molar-refractivity contribution is 0.192. The summed E-state index contributed by atoms with van der Waals surface area (Å²) in [5, 5.41) is 5.69. The molecule has 7 nitrogen and oxygen atoms in total. The number of ether oxygens (including phenoxy) is 1. The van der Waals surface area contributed by atoms with Crippen LogP contribution in [-0.4, -0.2) is 37.2 Å². The molecule has 0 radical (unpaired) electrons. The van der Waals surface area contributed by atoms with Crippen LogP contribution in [0.4, 0.5) is 26.7 Å². The van der Waals surface area contributed by atoms with Crippen molar-refractivity contribution in [1.82, 2.24) is 4.90 Å². The number of anilines is 3. The molecule has 1 saturated heterocycles. The second kappa shape index (κ2) is 11.0. The second-order valence-corrected chi connectivity index (χ2v) is 8.96. The number of nitrogens with one attached hydrogen (secondary N) is 2. The maximum atomic E-state index is 13.1. The molecule has 35 heavy (non-hydrogen) atoms. The van der Waals surface area contributed by atoms with E-state index in [1.165, 1.54) is 5.56 Å². The number of hydrogen-bond donors (Lipinski definition) is 2. The van der Waals surface area contributed by atoms with Gasteiger partial charge < -0.3 is 20.3 Å². The molecule has 0 atom stereocenters. The Morgan fingerprint density at radius 2 is 1.49 bits per heavy atom. The summed E-state index contributed by atoms with van der Waals surface area (Å²) in [6, 6.07) is 22.6. The van der Waals surface area contributed by atoms with Gasteiger partial charge in [0.15, 0.2) is 0 Å². The highest BCUT2D eigenvalue weighted by Crippen LogP contribution is 2.24. The Kier molecular flexibility index (Phi) is 7.55. The molecule has 0 aromatic heterocycles. The van der Waals surface area contributed by atoms with E-state index in [0.29, 0.717) is 24.7 Å². The van der Waals surface area contributed by atoms with Gasteiger partial charge in [-0.05, 0) is 72.0 Å². The highest BCUT2D eigenvalue weighted by atomic mass is 16.5. The molecule has 3 aromatic carbocycles. The zero-order valence-electron chi connectivity index (χ0n) is 20.5. The molecule has 0 saturated carbocycles. The van der Waals surface area contributed by atoms with Crippen LogP contribution < -0.4 is 20.3 Å². The number of nitrogens with zero attached hydrogens (tertiary/aromatic N) is 2. The van der Waals surface area contributed by atoms with Gasteiger partial charge in [-0.3, -0.25) is 4.90 Å². The molecule has 1 heterocycles. The molecule has 0 aliphatic carbocycles. The van der Waals surface area contributed by atoms with Gasteiger partial charge >= 0.3 is 12.1 Å². The predicted molar refractivity (Wildman–Crippen MR) is 140 cm³/mol. The van der Waals surface area contributed by atoms with Crippen molar-refractivity contribution in [3.63, 3.8) is 0 Å². The van der Waals surface area contributed by atoms with Gasteiger partial charge in [0.2, 0.25) is 0 Å². The quantitative estimate of drug-likeness (QED) is 0.424. The van der Waals surface area contributed by atoms with Crippen LogP contribution in [0, 0.1) is 0 Å². The van der Waals surface area contributed by atoms with Gasteiger partial charge in [-0.25, -0.2) is 9.59 Å². The zero-order valence-corrected chi connectivity index (χ0v) is 20.5. The number of carbonyl (C=O) groups excluding carboxylic acids is 2. The summed E-state index contributed by atoms with van der Waals surface area (Å²) >= 11 is 0. The molecule has 2 N–H and O–H groups in total. The minimum atomic E-state index is -0.310. The third-order valence-electron chi connectivity index (χ3n) is 6.12. The van der Waals surface area contributed by atoms with Crippen LogP contribution in [0.2, 0.25) is 0 Å². The van der Waals surface area contributed by atoms with E-state index in [2.05, 4.69) is 24.5 Å². The fraction of sp³-hybridized carbons (Fsp3) is 0.286. The lowest BCUT2D eigenvalue weighted by Gasteiger charge is -2.35. The number of carbonyl (C=O) groups is 2. The summed E-state index contributed by atoms with van der Waals surface area (Å²) in [6.45, 7) is 6.21.